The number of pyridine rings is 1. The van der Waals surface area contributed by atoms with E-state index >= 15 is 0 Å². The number of hydrogen-bond acceptors (Lipinski definition) is 3. The molecular weight excluding hydrogens is 248 g/mol. The molecule has 3 rings (SSSR count). The minimum absolute atomic E-state index is 0.574. The molecule has 3 nitrogen and oxygen atoms in total. The van der Waals surface area contributed by atoms with Crippen LogP contribution < -0.4 is 10.5 Å². The summed E-state index contributed by atoms with van der Waals surface area (Å²) in [6.07, 6.45) is 8.35. The van der Waals surface area contributed by atoms with Crippen molar-refractivity contribution in [3.63, 3.8) is 0 Å². The van der Waals surface area contributed by atoms with Gasteiger partial charge in [0, 0.05) is 6.07 Å². The highest BCUT2D eigenvalue weighted by molar-refractivity contribution is 5.38. The summed E-state index contributed by atoms with van der Waals surface area (Å²) in [7, 11) is 0. The van der Waals surface area contributed by atoms with Gasteiger partial charge in [-0.15, -0.1) is 0 Å². The summed E-state index contributed by atoms with van der Waals surface area (Å²) in [4.78, 5) is 4.14. The SMILES string of the molecule is Nc1ccc(Oc2ccc(C3CCCCC3)cc2)nc1. The van der Waals surface area contributed by atoms with E-state index in [2.05, 4.69) is 17.1 Å². The molecule has 0 aliphatic heterocycles. The van der Waals surface area contributed by atoms with Crippen molar-refractivity contribution >= 4 is 5.69 Å². The molecule has 1 aliphatic rings. The van der Waals surface area contributed by atoms with E-state index in [9.17, 15) is 0 Å². The lowest BCUT2D eigenvalue weighted by Gasteiger charge is -2.22. The van der Waals surface area contributed by atoms with Gasteiger partial charge in [0.2, 0.25) is 5.88 Å². The van der Waals surface area contributed by atoms with Gasteiger partial charge in [-0.25, -0.2) is 4.98 Å². The van der Waals surface area contributed by atoms with Gasteiger partial charge in [0.05, 0.1) is 11.9 Å². The molecule has 0 bridgehead atoms. The Morgan fingerprint density at radius 3 is 2.35 bits per heavy atom. The summed E-state index contributed by atoms with van der Waals surface area (Å²) in [6, 6.07) is 12.0. The summed E-state index contributed by atoms with van der Waals surface area (Å²) in [5.41, 5.74) is 7.68. The Morgan fingerprint density at radius 1 is 0.950 bits per heavy atom. The van der Waals surface area contributed by atoms with E-state index in [-0.39, 0.29) is 0 Å². The molecule has 0 amide bonds. The van der Waals surface area contributed by atoms with Crippen molar-refractivity contribution < 1.29 is 4.74 Å². The van der Waals surface area contributed by atoms with Gasteiger partial charge in [-0.2, -0.15) is 0 Å². The average molecular weight is 268 g/mol. The van der Waals surface area contributed by atoms with Crippen LogP contribution in [-0.2, 0) is 0 Å². The standard InChI is InChI=1S/C17H20N2O/c18-15-8-11-17(19-12-15)20-16-9-6-14(7-10-16)13-4-2-1-3-5-13/h6-13H,1-5,18H2. The molecule has 0 spiro atoms. The molecular formula is C17H20N2O. The summed E-state index contributed by atoms with van der Waals surface area (Å²) in [5, 5.41) is 0. The first-order valence-corrected chi connectivity index (χ1v) is 7.30. The second-order valence-electron chi connectivity index (χ2n) is 5.44. The lowest BCUT2D eigenvalue weighted by Crippen LogP contribution is -2.04. The Kier molecular flexibility index (Phi) is 3.86. The molecule has 20 heavy (non-hydrogen) atoms. The Labute approximate surface area is 119 Å². The highest BCUT2D eigenvalue weighted by atomic mass is 16.5. The van der Waals surface area contributed by atoms with Crippen molar-refractivity contribution in [1.82, 2.24) is 4.98 Å². The zero-order chi connectivity index (χ0) is 13.8. The van der Waals surface area contributed by atoms with Crippen LogP contribution in [0.5, 0.6) is 11.6 Å². The van der Waals surface area contributed by atoms with E-state index in [0.29, 0.717) is 11.6 Å². The van der Waals surface area contributed by atoms with Gasteiger partial charge in [-0.1, -0.05) is 31.4 Å². The van der Waals surface area contributed by atoms with Crippen LogP contribution >= 0.6 is 0 Å². The van der Waals surface area contributed by atoms with E-state index in [0.717, 1.165) is 11.7 Å². The van der Waals surface area contributed by atoms with Gasteiger partial charge in [-0.3, -0.25) is 0 Å². The van der Waals surface area contributed by atoms with Gasteiger partial charge >= 0.3 is 0 Å². The smallest absolute Gasteiger partial charge is 0.219 e. The Hall–Kier alpha value is -2.03. The minimum atomic E-state index is 0.574. The highest BCUT2D eigenvalue weighted by Gasteiger charge is 2.15. The summed E-state index contributed by atoms with van der Waals surface area (Å²) in [5.74, 6) is 2.12. The van der Waals surface area contributed by atoms with Crippen LogP contribution in [0, 0.1) is 0 Å². The molecule has 1 heterocycles. The quantitative estimate of drug-likeness (QED) is 0.891. The van der Waals surface area contributed by atoms with Crippen LogP contribution in [0.4, 0.5) is 5.69 Å². The van der Waals surface area contributed by atoms with Crippen LogP contribution in [0.2, 0.25) is 0 Å². The number of anilines is 1. The molecule has 2 N–H and O–H groups in total. The van der Waals surface area contributed by atoms with Gasteiger partial charge in [0.25, 0.3) is 0 Å². The molecule has 0 atom stereocenters. The van der Waals surface area contributed by atoms with E-state index < -0.39 is 0 Å². The fraction of sp³-hybridized carbons (Fsp3) is 0.353. The Morgan fingerprint density at radius 2 is 1.70 bits per heavy atom. The number of rotatable bonds is 3. The molecule has 0 saturated heterocycles. The first kappa shape index (κ1) is 13.0. The molecule has 1 fully saturated rings. The van der Waals surface area contributed by atoms with E-state index in [1.165, 1.54) is 37.7 Å². The van der Waals surface area contributed by atoms with Gasteiger partial charge in [-0.05, 0) is 42.5 Å². The highest BCUT2D eigenvalue weighted by Crippen LogP contribution is 2.33. The molecule has 1 aliphatic carbocycles. The Bertz CT molecular complexity index is 542. The summed E-state index contributed by atoms with van der Waals surface area (Å²) >= 11 is 0. The number of nitrogens with two attached hydrogens (primary N) is 1. The van der Waals surface area contributed by atoms with E-state index in [1.807, 2.05) is 12.1 Å². The normalized spacial score (nSPS) is 16.0. The van der Waals surface area contributed by atoms with Crippen molar-refractivity contribution in [2.45, 2.75) is 38.0 Å². The van der Waals surface area contributed by atoms with Crippen LogP contribution in [-0.4, -0.2) is 4.98 Å². The predicted octanol–water partition coefficient (Wildman–Crippen LogP) is 4.50. The summed E-state index contributed by atoms with van der Waals surface area (Å²) < 4.78 is 5.71. The average Bonchev–Trinajstić information content (AvgIpc) is 2.51. The molecule has 1 aromatic carbocycles. The Balaban J connectivity index is 1.67. The molecule has 104 valence electrons. The maximum Gasteiger partial charge on any atom is 0.219 e. The van der Waals surface area contributed by atoms with Crippen LogP contribution in [0.1, 0.15) is 43.6 Å². The largest absolute Gasteiger partial charge is 0.439 e. The number of nitrogen functional groups attached to an aromatic ring is 1. The molecule has 1 saturated carbocycles. The fourth-order valence-corrected chi connectivity index (χ4v) is 2.82. The van der Waals surface area contributed by atoms with Gasteiger partial charge in [0.15, 0.2) is 0 Å². The van der Waals surface area contributed by atoms with Crippen LogP contribution in [0.3, 0.4) is 0 Å². The second-order valence-corrected chi connectivity index (χ2v) is 5.44. The summed E-state index contributed by atoms with van der Waals surface area (Å²) in [6.45, 7) is 0. The van der Waals surface area contributed by atoms with E-state index in [4.69, 9.17) is 10.5 Å². The maximum absolute atomic E-state index is 5.71. The first-order chi connectivity index (χ1) is 9.81. The number of hydrogen-bond donors (Lipinski definition) is 1. The topological polar surface area (TPSA) is 48.1 Å². The zero-order valence-corrected chi connectivity index (χ0v) is 11.6. The zero-order valence-electron chi connectivity index (χ0n) is 11.6. The number of aromatic nitrogens is 1. The third-order valence-electron chi connectivity index (χ3n) is 3.94. The van der Waals surface area contributed by atoms with Gasteiger partial charge < -0.3 is 10.5 Å². The molecule has 0 unspecified atom stereocenters. The molecule has 1 aromatic heterocycles. The lowest BCUT2D eigenvalue weighted by atomic mass is 9.84. The molecule has 0 radical (unpaired) electrons. The van der Waals surface area contributed by atoms with Crippen molar-refractivity contribution in [3.8, 4) is 11.6 Å². The number of benzene rings is 1. The molecule has 2 aromatic rings. The van der Waals surface area contributed by atoms with Gasteiger partial charge in [0.1, 0.15) is 5.75 Å². The van der Waals surface area contributed by atoms with E-state index in [1.54, 1.807) is 18.3 Å². The first-order valence-electron chi connectivity index (χ1n) is 7.30. The van der Waals surface area contributed by atoms with Crippen molar-refractivity contribution in [1.29, 1.82) is 0 Å². The molecule has 3 heteroatoms. The second kappa shape index (κ2) is 5.95. The van der Waals surface area contributed by atoms with Crippen molar-refractivity contribution in [2.75, 3.05) is 5.73 Å². The van der Waals surface area contributed by atoms with Crippen molar-refractivity contribution in [3.05, 3.63) is 48.2 Å². The minimum Gasteiger partial charge on any atom is -0.439 e. The van der Waals surface area contributed by atoms with Crippen LogP contribution in [0.25, 0.3) is 0 Å². The monoisotopic (exact) mass is 268 g/mol. The third-order valence-corrected chi connectivity index (χ3v) is 3.94. The lowest BCUT2D eigenvalue weighted by molar-refractivity contribution is 0.441. The maximum atomic E-state index is 5.71. The number of ether oxygens (including phenoxy) is 1. The fourth-order valence-electron chi connectivity index (χ4n) is 2.82. The van der Waals surface area contributed by atoms with Crippen LogP contribution in [0.15, 0.2) is 42.6 Å². The number of nitrogens with zero attached hydrogens (tertiary/aromatic N) is 1. The van der Waals surface area contributed by atoms with Crippen molar-refractivity contribution in [2.24, 2.45) is 0 Å². The predicted molar refractivity (Wildman–Crippen MR) is 81.0 cm³/mol. The third kappa shape index (κ3) is 3.10.